The number of hydrogen-bond donors (Lipinski definition) is 1. The van der Waals surface area contributed by atoms with Crippen LogP contribution in [-0.4, -0.2) is 24.3 Å². The Bertz CT molecular complexity index is 340. The van der Waals surface area contributed by atoms with Gasteiger partial charge in [-0.2, -0.15) is 0 Å². The van der Waals surface area contributed by atoms with Crippen molar-refractivity contribution in [1.82, 2.24) is 0 Å². The second kappa shape index (κ2) is 10.6. The van der Waals surface area contributed by atoms with E-state index in [1.54, 1.807) is 13.0 Å². The lowest BCUT2D eigenvalue weighted by Crippen LogP contribution is -2.07. The van der Waals surface area contributed by atoms with Crippen molar-refractivity contribution in [1.29, 1.82) is 0 Å². The maximum absolute atomic E-state index is 11.0. The van der Waals surface area contributed by atoms with E-state index < -0.39 is 0 Å². The monoisotopic (exact) mass is 266 g/mol. The fraction of sp³-hybridized carbons (Fsp3) is 0.562. The predicted molar refractivity (Wildman–Crippen MR) is 78.7 cm³/mol. The highest BCUT2D eigenvalue weighted by Gasteiger charge is 2.08. The molecule has 0 aromatic rings. The molecule has 0 rings (SSSR count). The van der Waals surface area contributed by atoms with Gasteiger partial charge in [0.15, 0.2) is 0 Å². The van der Waals surface area contributed by atoms with Crippen LogP contribution >= 0.6 is 0 Å². The first-order chi connectivity index (χ1) is 9.01. The minimum absolute atomic E-state index is 0.233. The number of rotatable bonds is 8. The lowest BCUT2D eigenvalue weighted by molar-refractivity contribution is -0.137. The highest BCUT2D eigenvalue weighted by molar-refractivity contribution is 5.82. The summed E-state index contributed by atoms with van der Waals surface area (Å²) in [5.74, 6) is 0.563. The van der Waals surface area contributed by atoms with Crippen LogP contribution in [0.5, 0.6) is 0 Å². The van der Waals surface area contributed by atoms with Crippen LogP contribution in [0.2, 0.25) is 0 Å². The number of esters is 1. The molecule has 0 heterocycles. The molecule has 19 heavy (non-hydrogen) atoms. The SMILES string of the molecule is CCOC(=O)/C=C/C=C/C(C)=C/[C@H](C)[C@@H](C)CCO. The summed E-state index contributed by atoms with van der Waals surface area (Å²) in [6, 6.07) is 0. The zero-order chi connectivity index (χ0) is 14.7. The number of aliphatic hydroxyl groups excluding tert-OH is 1. The van der Waals surface area contributed by atoms with Crippen LogP contribution in [0.15, 0.2) is 36.0 Å². The lowest BCUT2D eigenvalue weighted by atomic mass is 9.91. The van der Waals surface area contributed by atoms with E-state index >= 15 is 0 Å². The van der Waals surface area contributed by atoms with Gasteiger partial charge in [-0.25, -0.2) is 4.79 Å². The van der Waals surface area contributed by atoms with Gasteiger partial charge in [0.2, 0.25) is 0 Å². The molecule has 3 nitrogen and oxygen atoms in total. The van der Waals surface area contributed by atoms with E-state index in [2.05, 4.69) is 19.9 Å². The minimum Gasteiger partial charge on any atom is -0.463 e. The van der Waals surface area contributed by atoms with Crippen molar-refractivity contribution in [3.8, 4) is 0 Å². The number of ether oxygens (including phenoxy) is 1. The molecule has 3 heteroatoms. The fourth-order valence-electron chi connectivity index (χ4n) is 1.63. The Kier molecular flexibility index (Phi) is 9.81. The zero-order valence-electron chi connectivity index (χ0n) is 12.4. The van der Waals surface area contributed by atoms with Gasteiger partial charge in [0.1, 0.15) is 0 Å². The summed E-state index contributed by atoms with van der Waals surface area (Å²) in [4.78, 5) is 11.0. The maximum atomic E-state index is 11.0. The molecule has 0 aliphatic carbocycles. The van der Waals surface area contributed by atoms with Crippen molar-refractivity contribution >= 4 is 5.97 Å². The van der Waals surface area contributed by atoms with Gasteiger partial charge in [-0.1, -0.05) is 43.7 Å². The predicted octanol–water partition coefficient (Wildman–Crippen LogP) is 3.26. The standard InChI is InChI=1S/C16H26O3/c1-5-19-16(18)9-7-6-8-13(2)12-15(4)14(3)10-11-17/h6-9,12,14-15,17H,5,10-11H2,1-4H3/b8-6+,9-7+,13-12+/t14-,15-/m0/s1. The molecule has 0 amide bonds. The molecule has 0 spiro atoms. The Balaban J connectivity index is 4.27. The summed E-state index contributed by atoms with van der Waals surface area (Å²) in [5.41, 5.74) is 1.14. The highest BCUT2D eigenvalue weighted by atomic mass is 16.5. The zero-order valence-corrected chi connectivity index (χ0v) is 12.4. The first-order valence-corrected chi connectivity index (χ1v) is 6.82. The summed E-state index contributed by atoms with van der Waals surface area (Å²) in [6.45, 7) is 8.71. The Morgan fingerprint density at radius 1 is 1.26 bits per heavy atom. The van der Waals surface area contributed by atoms with Crippen molar-refractivity contribution in [3.63, 3.8) is 0 Å². The van der Waals surface area contributed by atoms with Gasteiger partial charge in [0.25, 0.3) is 0 Å². The van der Waals surface area contributed by atoms with Crippen LogP contribution in [0.1, 0.15) is 34.1 Å². The smallest absolute Gasteiger partial charge is 0.330 e. The average molecular weight is 266 g/mol. The van der Waals surface area contributed by atoms with Gasteiger partial charge >= 0.3 is 5.97 Å². The second-order valence-corrected chi connectivity index (χ2v) is 4.73. The molecular formula is C16H26O3. The molecule has 0 aliphatic rings. The number of hydrogen-bond acceptors (Lipinski definition) is 3. The Labute approximate surface area is 116 Å². The van der Waals surface area contributed by atoms with Crippen LogP contribution in [0.25, 0.3) is 0 Å². The molecular weight excluding hydrogens is 240 g/mol. The first-order valence-electron chi connectivity index (χ1n) is 6.82. The molecule has 0 saturated heterocycles. The van der Waals surface area contributed by atoms with Gasteiger partial charge in [-0.3, -0.25) is 0 Å². The molecule has 0 bridgehead atoms. The molecule has 0 saturated carbocycles. The largest absolute Gasteiger partial charge is 0.463 e. The lowest BCUT2D eigenvalue weighted by Gasteiger charge is -2.15. The summed E-state index contributed by atoms with van der Waals surface area (Å²) in [5, 5.41) is 8.90. The average Bonchev–Trinajstić information content (AvgIpc) is 2.35. The minimum atomic E-state index is -0.321. The molecule has 108 valence electrons. The molecule has 0 aliphatic heterocycles. The third kappa shape index (κ3) is 9.25. The molecule has 0 aromatic heterocycles. The molecule has 0 fully saturated rings. The van der Waals surface area contributed by atoms with Gasteiger partial charge in [-0.05, 0) is 32.1 Å². The van der Waals surface area contributed by atoms with Crippen LogP contribution in [-0.2, 0) is 9.53 Å². The molecule has 0 unspecified atom stereocenters. The number of carbonyl (C=O) groups excluding carboxylic acids is 1. The molecule has 2 atom stereocenters. The Hall–Kier alpha value is -1.35. The Morgan fingerprint density at radius 3 is 2.47 bits per heavy atom. The van der Waals surface area contributed by atoms with Crippen LogP contribution in [0.3, 0.4) is 0 Å². The second-order valence-electron chi connectivity index (χ2n) is 4.73. The van der Waals surface area contributed by atoms with Crippen molar-refractivity contribution < 1.29 is 14.6 Å². The van der Waals surface area contributed by atoms with Crippen molar-refractivity contribution in [3.05, 3.63) is 36.0 Å². The summed E-state index contributed by atoms with van der Waals surface area (Å²) in [6.07, 6.45) is 9.86. The molecule has 1 N–H and O–H groups in total. The van der Waals surface area contributed by atoms with E-state index in [0.29, 0.717) is 18.4 Å². The van der Waals surface area contributed by atoms with E-state index in [1.807, 2.05) is 19.1 Å². The van der Waals surface area contributed by atoms with Crippen LogP contribution in [0, 0.1) is 11.8 Å². The number of carbonyl (C=O) groups is 1. The molecule has 0 radical (unpaired) electrons. The van der Waals surface area contributed by atoms with Crippen LogP contribution < -0.4 is 0 Å². The van der Waals surface area contributed by atoms with Gasteiger partial charge in [0.05, 0.1) is 6.61 Å². The van der Waals surface area contributed by atoms with Gasteiger partial charge in [0, 0.05) is 12.7 Å². The quantitative estimate of drug-likeness (QED) is 0.417. The van der Waals surface area contributed by atoms with Crippen molar-refractivity contribution in [2.24, 2.45) is 11.8 Å². The maximum Gasteiger partial charge on any atom is 0.330 e. The first kappa shape index (κ1) is 17.6. The van der Waals surface area contributed by atoms with Crippen molar-refractivity contribution in [2.45, 2.75) is 34.1 Å². The summed E-state index contributed by atoms with van der Waals surface area (Å²) in [7, 11) is 0. The number of aliphatic hydroxyl groups is 1. The summed E-state index contributed by atoms with van der Waals surface area (Å²) >= 11 is 0. The van der Waals surface area contributed by atoms with Crippen molar-refractivity contribution in [2.75, 3.05) is 13.2 Å². The van der Waals surface area contributed by atoms with Crippen LogP contribution in [0.4, 0.5) is 0 Å². The third-order valence-corrected chi connectivity index (χ3v) is 3.00. The normalized spacial score (nSPS) is 15.9. The Morgan fingerprint density at radius 2 is 1.89 bits per heavy atom. The highest BCUT2D eigenvalue weighted by Crippen LogP contribution is 2.17. The van der Waals surface area contributed by atoms with E-state index in [0.717, 1.165) is 12.0 Å². The topological polar surface area (TPSA) is 46.5 Å². The van der Waals surface area contributed by atoms with Gasteiger partial charge in [-0.15, -0.1) is 0 Å². The molecule has 0 aromatic carbocycles. The number of allylic oxidation sites excluding steroid dienone is 5. The van der Waals surface area contributed by atoms with E-state index in [4.69, 9.17) is 9.84 Å². The summed E-state index contributed by atoms with van der Waals surface area (Å²) < 4.78 is 4.77. The van der Waals surface area contributed by atoms with Gasteiger partial charge < -0.3 is 9.84 Å². The van der Waals surface area contributed by atoms with E-state index in [1.165, 1.54) is 6.08 Å². The van der Waals surface area contributed by atoms with E-state index in [-0.39, 0.29) is 12.6 Å². The van der Waals surface area contributed by atoms with E-state index in [9.17, 15) is 4.79 Å². The fourth-order valence-corrected chi connectivity index (χ4v) is 1.63. The third-order valence-electron chi connectivity index (χ3n) is 3.00.